The smallest absolute Gasteiger partial charge is 0.169 e. The van der Waals surface area contributed by atoms with E-state index < -0.39 is 9.84 Å². The lowest BCUT2D eigenvalue weighted by molar-refractivity contribution is 0.610. The fourth-order valence-electron chi connectivity index (χ4n) is 1.10. The van der Waals surface area contributed by atoms with Crippen molar-refractivity contribution in [1.29, 1.82) is 0 Å². The molecule has 0 atom stereocenters. The predicted octanol–water partition coefficient (Wildman–Crippen LogP) is 2.75. The molecule has 76 valence electrons. The van der Waals surface area contributed by atoms with E-state index in [2.05, 4.69) is 0 Å². The molecule has 4 heteroatoms. The second-order valence-electron chi connectivity index (χ2n) is 3.14. The molecule has 2 nitrogen and oxygen atoms in total. The van der Waals surface area contributed by atoms with Crippen LogP contribution in [0.1, 0.15) is 12.5 Å². The lowest BCUT2D eigenvalue weighted by atomic mass is 10.1. The van der Waals surface area contributed by atoms with Gasteiger partial charge >= 0.3 is 0 Å². The molecule has 1 aromatic rings. The standard InChI is InChI=1S/C10H11ClO2S/c1-8(7-14(2,12)13)9-3-5-10(11)6-4-9/h3-7H,1-2H3/b8-7-. The Bertz CT molecular complexity index is 444. The Labute approximate surface area is 89.1 Å². The van der Waals surface area contributed by atoms with Crippen molar-refractivity contribution in [2.24, 2.45) is 0 Å². The van der Waals surface area contributed by atoms with E-state index in [9.17, 15) is 8.42 Å². The average Bonchev–Trinajstić information content (AvgIpc) is 2.02. The van der Waals surface area contributed by atoms with Gasteiger partial charge in [-0.1, -0.05) is 23.7 Å². The van der Waals surface area contributed by atoms with Crippen LogP contribution >= 0.6 is 11.6 Å². The quantitative estimate of drug-likeness (QED) is 0.783. The first-order valence-corrected chi connectivity index (χ1v) is 6.36. The van der Waals surface area contributed by atoms with Crippen LogP contribution in [0.25, 0.3) is 5.57 Å². The number of allylic oxidation sites excluding steroid dienone is 1. The first-order chi connectivity index (χ1) is 6.38. The highest BCUT2D eigenvalue weighted by Gasteiger charge is 2.00. The molecule has 1 rings (SSSR count). The summed E-state index contributed by atoms with van der Waals surface area (Å²) in [5.74, 6) is 0. The summed E-state index contributed by atoms with van der Waals surface area (Å²) in [5, 5.41) is 1.89. The number of hydrogen-bond acceptors (Lipinski definition) is 2. The van der Waals surface area contributed by atoms with Gasteiger partial charge in [0.2, 0.25) is 0 Å². The molecule has 0 radical (unpaired) electrons. The van der Waals surface area contributed by atoms with Crippen molar-refractivity contribution in [3.8, 4) is 0 Å². The molecule has 0 amide bonds. The third-order valence-corrected chi connectivity index (χ3v) is 2.72. The maximum Gasteiger partial charge on any atom is 0.169 e. The molecule has 0 saturated carbocycles. The first-order valence-electron chi connectivity index (χ1n) is 4.03. The Hall–Kier alpha value is -0.800. The van der Waals surface area contributed by atoms with E-state index in [0.717, 1.165) is 5.56 Å². The molecule has 0 aromatic heterocycles. The molecule has 0 saturated heterocycles. The van der Waals surface area contributed by atoms with E-state index in [4.69, 9.17) is 11.6 Å². The van der Waals surface area contributed by atoms with Gasteiger partial charge in [0.1, 0.15) is 0 Å². The molecule has 0 aliphatic rings. The highest BCUT2D eigenvalue weighted by molar-refractivity contribution is 7.93. The van der Waals surface area contributed by atoms with Crippen LogP contribution in [0, 0.1) is 0 Å². The molecule has 0 unspecified atom stereocenters. The van der Waals surface area contributed by atoms with Gasteiger partial charge in [0.25, 0.3) is 0 Å². The summed E-state index contributed by atoms with van der Waals surface area (Å²) in [6, 6.07) is 7.05. The Kier molecular flexibility index (Phi) is 3.34. The van der Waals surface area contributed by atoms with Crippen LogP contribution in [-0.4, -0.2) is 14.7 Å². The van der Waals surface area contributed by atoms with Gasteiger partial charge in [-0.25, -0.2) is 8.42 Å². The van der Waals surface area contributed by atoms with Gasteiger partial charge in [0.05, 0.1) is 0 Å². The topological polar surface area (TPSA) is 34.1 Å². The third kappa shape index (κ3) is 3.52. The van der Waals surface area contributed by atoms with E-state index in [0.29, 0.717) is 10.6 Å². The van der Waals surface area contributed by atoms with Crippen molar-refractivity contribution in [1.82, 2.24) is 0 Å². The average molecular weight is 231 g/mol. The van der Waals surface area contributed by atoms with Crippen molar-refractivity contribution in [2.45, 2.75) is 6.92 Å². The normalized spacial score (nSPS) is 12.9. The fourth-order valence-corrected chi connectivity index (χ4v) is 2.01. The Morgan fingerprint density at radius 3 is 2.21 bits per heavy atom. The van der Waals surface area contributed by atoms with E-state index in [-0.39, 0.29) is 0 Å². The van der Waals surface area contributed by atoms with Crippen molar-refractivity contribution < 1.29 is 8.42 Å². The van der Waals surface area contributed by atoms with Crippen LogP contribution in [0.2, 0.25) is 5.02 Å². The Balaban J connectivity index is 3.07. The van der Waals surface area contributed by atoms with Crippen molar-refractivity contribution >= 4 is 27.0 Å². The Morgan fingerprint density at radius 2 is 1.79 bits per heavy atom. The molecule has 14 heavy (non-hydrogen) atoms. The minimum absolute atomic E-state index is 0.640. The van der Waals surface area contributed by atoms with Gasteiger partial charge < -0.3 is 0 Å². The molecule has 0 fully saturated rings. The van der Waals surface area contributed by atoms with Gasteiger partial charge in [-0.2, -0.15) is 0 Å². The minimum Gasteiger partial charge on any atom is -0.225 e. The van der Waals surface area contributed by atoms with Gasteiger partial charge in [0.15, 0.2) is 9.84 Å². The highest BCUT2D eigenvalue weighted by Crippen LogP contribution is 2.17. The summed E-state index contributed by atoms with van der Waals surface area (Å²) in [6.07, 6.45) is 1.17. The Morgan fingerprint density at radius 1 is 1.29 bits per heavy atom. The molecule has 0 N–H and O–H groups in total. The summed E-state index contributed by atoms with van der Waals surface area (Å²) in [7, 11) is -3.08. The lowest BCUT2D eigenvalue weighted by Gasteiger charge is -2.00. The molecular formula is C10H11ClO2S. The van der Waals surface area contributed by atoms with Crippen LogP contribution in [-0.2, 0) is 9.84 Å². The number of rotatable bonds is 2. The summed E-state index contributed by atoms with van der Waals surface area (Å²) in [4.78, 5) is 0. The number of halogens is 1. The van der Waals surface area contributed by atoms with Crippen LogP contribution in [0.3, 0.4) is 0 Å². The van der Waals surface area contributed by atoms with E-state index in [1.54, 1.807) is 31.2 Å². The zero-order chi connectivity index (χ0) is 10.8. The zero-order valence-corrected chi connectivity index (χ0v) is 9.56. The molecule has 1 aromatic carbocycles. The summed E-state index contributed by atoms with van der Waals surface area (Å²) in [6.45, 7) is 1.75. The van der Waals surface area contributed by atoms with Gasteiger partial charge in [-0.3, -0.25) is 0 Å². The lowest BCUT2D eigenvalue weighted by Crippen LogP contribution is -1.91. The fraction of sp³-hybridized carbons (Fsp3) is 0.200. The molecule has 0 aliphatic heterocycles. The molecule has 0 spiro atoms. The van der Waals surface area contributed by atoms with Gasteiger partial charge in [-0.05, 0) is 30.2 Å². The van der Waals surface area contributed by atoms with Crippen LogP contribution in [0.4, 0.5) is 0 Å². The van der Waals surface area contributed by atoms with E-state index in [1.807, 2.05) is 0 Å². The zero-order valence-electron chi connectivity index (χ0n) is 7.99. The second-order valence-corrected chi connectivity index (χ2v) is 5.47. The van der Waals surface area contributed by atoms with Crippen molar-refractivity contribution in [3.63, 3.8) is 0 Å². The highest BCUT2D eigenvalue weighted by atomic mass is 35.5. The molecular weight excluding hydrogens is 220 g/mol. The SMILES string of the molecule is C/C(=C/S(C)(=O)=O)c1ccc(Cl)cc1. The van der Waals surface area contributed by atoms with E-state index >= 15 is 0 Å². The van der Waals surface area contributed by atoms with Crippen LogP contribution in [0.5, 0.6) is 0 Å². The predicted molar refractivity (Wildman–Crippen MR) is 59.9 cm³/mol. The maximum atomic E-state index is 11.0. The van der Waals surface area contributed by atoms with Gasteiger partial charge in [0, 0.05) is 16.7 Å². The van der Waals surface area contributed by atoms with Gasteiger partial charge in [-0.15, -0.1) is 0 Å². The largest absolute Gasteiger partial charge is 0.225 e. The van der Waals surface area contributed by atoms with Crippen LogP contribution < -0.4 is 0 Å². The van der Waals surface area contributed by atoms with E-state index in [1.165, 1.54) is 11.7 Å². The van der Waals surface area contributed by atoms with Crippen molar-refractivity contribution in [2.75, 3.05) is 6.26 Å². The number of hydrogen-bond donors (Lipinski definition) is 0. The maximum absolute atomic E-state index is 11.0. The summed E-state index contributed by atoms with van der Waals surface area (Å²) in [5.41, 5.74) is 1.57. The minimum atomic E-state index is -3.08. The monoisotopic (exact) mass is 230 g/mol. The molecule has 0 heterocycles. The third-order valence-electron chi connectivity index (χ3n) is 1.69. The summed E-state index contributed by atoms with van der Waals surface area (Å²) >= 11 is 5.71. The van der Waals surface area contributed by atoms with Crippen LogP contribution in [0.15, 0.2) is 29.7 Å². The van der Waals surface area contributed by atoms with Crippen molar-refractivity contribution in [3.05, 3.63) is 40.3 Å². The number of sulfone groups is 1. The molecule has 0 aliphatic carbocycles. The number of benzene rings is 1. The second kappa shape index (κ2) is 4.15. The molecule has 0 bridgehead atoms. The first kappa shape index (κ1) is 11.3. The summed E-state index contributed by atoms with van der Waals surface area (Å²) < 4.78 is 22.0.